The maximum Gasteiger partial charge on any atom is 0.120 e. The van der Waals surface area contributed by atoms with Gasteiger partial charge in [-0.1, -0.05) is 49.0 Å². The lowest BCUT2D eigenvalue weighted by Gasteiger charge is -2.25. The molecule has 1 aromatic carbocycles. The molecule has 18 heavy (non-hydrogen) atoms. The van der Waals surface area contributed by atoms with E-state index in [0.29, 0.717) is 5.92 Å². The molecule has 1 saturated carbocycles. The number of halogens is 1. The summed E-state index contributed by atoms with van der Waals surface area (Å²) in [6, 6.07) is 6.52. The van der Waals surface area contributed by atoms with Crippen molar-refractivity contribution in [2.45, 2.75) is 46.0 Å². The van der Waals surface area contributed by atoms with Gasteiger partial charge in [0.15, 0.2) is 0 Å². The quantitative estimate of drug-likeness (QED) is 0.700. The lowest BCUT2D eigenvalue weighted by Crippen LogP contribution is -2.13. The maximum absolute atomic E-state index is 5.84. The van der Waals surface area contributed by atoms with E-state index >= 15 is 0 Å². The van der Waals surface area contributed by atoms with Gasteiger partial charge >= 0.3 is 0 Å². The Morgan fingerprint density at radius 1 is 1.28 bits per heavy atom. The molecule has 0 spiro atoms. The standard InChI is InChI=1S/C16H23BrO/c1-12(2)6-7-18-16-10-14(9-15(17)11-16)8-13-4-3-5-13/h9-13H,3-8H2,1-2H3. The van der Waals surface area contributed by atoms with E-state index in [4.69, 9.17) is 4.74 Å². The zero-order valence-electron chi connectivity index (χ0n) is 11.4. The Labute approximate surface area is 119 Å². The van der Waals surface area contributed by atoms with Gasteiger partial charge in [0.05, 0.1) is 6.61 Å². The van der Waals surface area contributed by atoms with Crippen molar-refractivity contribution < 1.29 is 4.74 Å². The van der Waals surface area contributed by atoms with Gasteiger partial charge in [0.25, 0.3) is 0 Å². The van der Waals surface area contributed by atoms with Gasteiger partial charge in [-0.2, -0.15) is 0 Å². The van der Waals surface area contributed by atoms with Crippen LogP contribution >= 0.6 is 15.9 Å². The van der Waals surface area contributed by atoms with E-state index in [0.717, 1.165) is 29.2 Å². The van der Waals surface area contributed by atoms with Crippen molar-refractivity contribution in [1.29, 1.82) is 0 Å². The van der Waals surface area contributed by atoms with Crippen LogP contribution in [0.3, 0.4) is 0 Å². The van der Waals surface area contributed by atoms with Crippen LogP contribution in [0.2, 0.25) is 0 Å². The molecule has 1 aliphatic rings. The van der Waals surface area contributed by atoms with Gasteiger partial charge in [-0.15, -0.1) is 0 Å². The van der Waals surface area contributed by atoms with Crippen molar-refractivity contribution in [2.24, 2.45) is 11.8 Å². The van der Waals surface area contributed by atoms with Crippen LogP contribution in [-0.2, 0) is 6.42 Å². The zero-order chi connectivity index (χ0) is 13.0. The highest BCUT2D eigenvalue weighted by atomic mass is 79.9. The van der Waals surface area contributed by atoms with E-state index in [1.807, 2.05) is 0 Å². The molecule has 1 aromatic rings. The molecule has 100 valence electrons. The Kier molecular flexibility index (Phi) is 5.11. The van der Waals surface area contributed by atoms with Gasteiger partial charge in [-0.25, -0.2) is 0 Å². The Morgan fingerprint density at radius 2 is 2.06 bits per heavy atom. The molecular formula is C16H23BrO. The number of rotatable bonds is 6. The number of ether oxygens (including phenoxy) is 1. The summed E-state index contributed by atoms with van der Waals surface area (Å²) in [6.07, 6.45) is 6.53. The molecule has 0 bridgehead atoms. The van der Waals surface area contributed by atoms with Gasteiger partial charge < -0.3 is 4.74 Å². The second-order valence-corrected chi connectivity index (χ2v) is 6.74. The van der Waals surface area contributed by atoms with E-state index in [1.165, 1.54) is 31.2 Å². The maximum atomic E-state index is 5.84. The molecule has 1 fully saturated rings. The summed E-state index contributed by atoms with van der Waals surface area (Å²) in [6.45, 7) is 5.27. The first-order valence-corrected chi connectivity index (χ1v) is 7.85. The summed E-state index contributed by atoms with van der Waals surface area (Å²) < 4.78 is 6.98. The molecule has 0 unspecified atom stereocenters. The zero-order valence-corrected chi connectivity index (χ0v) is 13.0. The second kappa shape index (κ2) is 6.60. The molecule has 0 N–H and O–H groups in total. The number of benzene rings is 1. The Balaban J connectivity index is 1.92. The highest BCUT2D eigenvalue weighted by Crippen LogP contribution is 2.32. The van der Waals surface area contributed by atoms with E-state index in [1.54, 1.807) is 0 Å². The molecule has 2 heteroatoms. The Morgan fingerprint density at radius 3 is 2.67 bits per heavy atom. The van der Waals surface area contributed by atoms with Crippen LogP contribution in [0.25, 0.3) is 0 Å². The topological polar surface area (TPSA) is 9.23 Å². The summed E-state index contributed by atoms with van der Waals surface area (Å²) in [5, 5.41) is 0. The fourth-order valence-corrected chi connectivity index (χ4v) is 2.78. The van der Waals surface area contributed by atoms with Crippen LogP contribution in [-0.4, -0.2) is 6.61 Å². The third-order valence-corrected chi connectivity index (χ3v) is 4.10. The first-order chi connectivity index (χ1) is 8.63. The normalized spacial score (nSPS) is 15.8. The summed E-state index contributed by atoms with van der Waals surface area (Å²) in [4.78, 5) is 0. The molecule has 0 saturated heterocycles. The summed E-state index contributed by atoms with van der Waals surface area (Å²) in [7, 11) is 0. The average Bonchev–Trinajstić information content (AvgIpc) is 2.22. The highest BCUT2D eigenvalue weighted by Gasteiger charge is 2.18. The predicted molar refractivity (Wildman–Crippen MR) is 80.1 cm³/mol. The first kappa shape index (κ1) is 13.9. The van der Waals surface area contributed by atoms with Gasteiger partial charge in [0, 0.05) is 4.47 Å². The molecule has 1 aliphatic carbocycles. The van der Waals surface area contributed by atoms with Crippen LogP contribution in [0, 0.1) is 11.8 Å². The monoisotopic (exact) mass is 310 g/mol. The number of hydrogen-bond acceptors (Lipinski definition) is 1. The molecule has 0 heterocycles. The largest absolute Gasteiger partial charge is 0.494 e. The summed E-state index contributed by atoms with van der Waals surface area (Å²) in [5.41, 5.74) is 1.41. The van der Waals surface area contributed by atoms with Gasteiger partial charge in [0.1, 0.15) is 5.75 Å². The van der Waals surface area contributed by atoms with Crippen molar-refractivity contribution in [3.05, 3.63) is 28.2 Å². The Hall–Kier alpha value is -0.500. The van der Waals surface area contributed by atoms with Gasteiger partial charge in [-0.3, -0.25) is 0 Å². The minimum atomic E-state index is 0.701. The lowest BCUT2D eigenvalue weighted by molar-refractivity contribution is 0.287. The molecule has 0 aliphatic heterocycles. The summed E-state index contributed by atoms with van der Waals surface area (Å²) >= 11 is 3.58. The van der Waals surface area contributed by atoms with Crippen molar-refractivity contribution in [1.82, 2.24) is 0 Å². The molecule has 0 amide bonds. The van der Waals surface area contributed by atoms with E-state index in [2.05, 4.69) is 48.0 Å². The molecule has 0 aromatic heterocycles. The van der Waals surface area contributed by atoms with E-state index < -0.39 is 0 Å². The molecule has 2 rings (SSSR count). The van der Waals surface area contributed by atoms with Gasteiger partial charge in [0.2, 0.25) is 0 Å². The van der Waals surface area contributed by atoms with Crippen molar-refractivity contribution >= 4 is 15.9 Å². The molecule has 0 radical (unpaired) electrons. The van der Waals surface area contributed by atoms with Crippen LogP contribution in [0.15, 0.2) is 22.7 Å². The van der Waals surface area contributed by atoms with Crippen LogP contribution < -0.4 is 4.74 Å². The number of hydrogen-bond donors (Lipinski definition) is 0. The van der Waals surface area contributed by atoms with E-state index in [9.17, 15) is 0 Å². The smallest absolute Gasteiger partial charge is 0.120 e. The SMILES string of the molecule is CC(C)CCOc1cc(Br)cc(CC2CCC2)c1. The van der Waals surface area contributed by atoms with Gasteiger partial charge in [-0.05, 0) is 48.4 Å². The predicted octanol–water partition coefficient (Wildman–Crippen LogP) is 5.22. The Bertz CT molecular complexity index is 383. The lowest BCUT2D eigenvalue weighted by atomic mass is 9.81. The highest BCUT2D eigenvalue weighted by molar-refractivity contribution is 9.10. The van der Waals surface area contributed by atoms with Crippen molar-refractivity contribution in [3.8, 4) is 5.75 Å². The second-order valence-electron chi connectivity index (χ2n) is 5.83. The van der Waals surface area contributed by atoms with Crippen LogP contribution in [0.1, 0.15) is 45.1 Å². The summed E-state index contributed by atoms with van der Waals surface area (Å²) in [5.74, 6) is 2.62. The third kappa shape index (κ3) is 4.31. The first-order valence-electron chi connectivity index (χ1n) is 7.06. The fourth-order valence-electron chi connectivity index (χ4n) is 2.26. The minimum absolute atomic E-state index is 0.701. The van der Waals surface area contributed by atoms with Crippen molar-refractivity contribution in [2.75, 3.05) is 6.61 Å². The molecular weight excluding hydrogens is 288 g/mol. The van der Waals surface area contributed by atoms with E-state index in [-0.39, 0.29) is 0 Å². The van der Waals surface area contributed by atoms with Crippen molar-refractivity contribution in [3.63, 3.8) is 0 Å². The van der Waals surface area contributed by atoms with Crippen LogP contribution in [0.4, 0.5) is 0 Å². The third-order valence-electron chi connectivity index (χ3n) is 3.64. The molecule has 0 atom stereocenters. The van der Waals surface area contributed by atoms with Crippen LogP contribution in [0.5, 0.6) is 5.75 Å². The minimum Gasteiger partial charge on any atom is -0.494 e. The fraction of sp³-hybridized carbons (Fsp3) is 0.625. The molecule has 1 nitrogen and oxygen atoms in total. The average molecular weight is 311 g/mol.